The van der Waals surface area contributed by atoms with Gasteiger partial charge in [-0.1, -0.05) is 36.8 Å². The molecule has 3 atom stereocenters. The van der Waals surface area contributed by atoms with Crippen LogP contribution in [0.4, 0.5) is 0 Å². The number of likely N-dealkylation sites (tertiary alicyclic amines) is 1. The minimum absolute atomic E-state index is 0.178. The molecule has 3 unspecified atom stereocenters. The van der Waals surface area contributed by atoms with Gasteiger partial charge in [0.25, 0.3) is 0 Å². The third-order valence-corrected chi connectivity index (χ3v) is 6.07. The van der Waals surface area contributed by atoms with E-state index in [0.717, 1.165) is 38.0 Å². The summed E-state index contributed by atoms with van der Waals surface area (Å²) in [5.74, 6) is 2.12. The second-order valence-electron chi connectivity index (χ2n) is 8.39. The molecule has 156 valence electrons. The van der Waals surface area contributed by atoms with Crippen LogP contribution in [0.15, 0.2) is 29.3 Å². The first-order valence-electron chi connectivity index (χ1n) is 11.0. The fraction of sp³-hybridized carbons (Fsp3) is 0.696. The lowest BCUT2D eigenvalue weighted by molar-refractivity contribution is -0.0265. The summed E-state index contributed by atoms with van der Waals surface area (Å²) >= 11 is 0. The van der Waals surface area contributed by atoms with Crippen LogP contribution in [0.5, 0.6) is 0 Å². The molecule has 0 amide bonds. The molecule has 0 spiro atoms. The number of hydrogen-bond donors (Lipinski definition) is 2. The van der Waals surface area contributed by atoms with Crippen molar-refractivity contribution in [1.82, 2.24) is 15.5 Å². The van der Waals surface area contributed by atoms with Crippen LogP contribution in [-0.4, -0.2) is 57.2 Å². The van der Waals surface area contributed by atoms with Gasteiger partial charge in [-0.05, 0) is 57.2 Å². The average Bonchev–Trinajstić information content (AvgIpc) is 3.17. The van der Waals surface area contributed by atoms with E-state index < -0.39 is 0 Å². The fourth-order valence-corrected chi connectivity index (χ4v) is 4.47. The average molecular weight is 387 g/mol. The number of benzene rings is 1. The van der Waals surface area contributed by atoms with Crippen molar-refractivity contribution >= 4 is 5.96 Å². The van der Waals surface area contributed by atoms with Crippen molar-refractivity contribution < 1.29 is 4.74 Å². The molecule has 2 heterocycles. The summed E-state index contributed by atoms with van der Waals surface area (Å²) in [6, 6.07) is 8.80. The Bertz CT molecular complexity index is 616. The molecule has 0 aromatic heterocycles. The normalized spacial score (nSPS) is 26.4. The highest BCUT2D eigenvalue weighted by Gasteiger charge is 2.28. The molecule has 3 rings (SSSR count). The van der Waals surface area contributed by atoms with Gasteiger partial charge in [0.15, 0.2) is 5.96 Å². The Labute approximate surface area is 170 Å². The highest BCUT2D eigenvalue weighted by molar-refractivity contribution is 5.79. The summed E-state index contributed by atoms with van der Waals surface area (Å²) in [7, 11) is 1.86. The third-order valence-electron chi connectivity index (χ3n) is 6.07. The molecular weight excluding hydrogens is 348 g/mol. The topological polar surface area (TPSA) is 48.9 Å². The summed E-state index contributed by atoms with van der Waals surface area (Å²) in [4.78, 5) is 7.02. The second-order valence-corrected chi connectivity index (χ2v) is 8.39. The Hall–Kier alpha value is -1.59. The zero-order valence-corrected chi connectivity index (χ0v) is 17.9. The minimum atomic E-state index is 0.178. The Balaban J connectivity index is 1.47. The standard InChI is InChI=1S/C23H38N4O/c1-4-12-27-13-11-19(17-27)15-25-23(24-3)26-16-21-6-5-14-28-22(21)20-9-7-18(2)8-10-20/h7-10,19,21-22H,4-6,11-17H2,1-3H3,(H2,24,25,26). The Morgan fingerprint density at radius 2 is 1.96 bits per heavy atom. The molecule has 5 heteroatoms. The lowest BCUT2D eigenvalue weighted by atomic mass is 9.89. The second kappa shape index (κ2) is 10.8. The van der Waals surface area contributed by atoms with E-state index in [1.165, 1.54) is 50.0 Å². The number of rotatable bonds is 7. The lowest BCUT2D eigenvalue weighted by Gasteiger charge is -2.32. The maximum absolute atomic E-state index is 6.15. The Kier molecular flexibility index (Phi) is 8.16. The summed E-state index contributed by atoms with van der Waals surface area (Å²) in [5.41, 5.74) is 2.59. The SMILES string of the molecule is CCCN1CCC(CNC(=NC)NCC2CCCOC2c2ccc(C)cc2)C1. The van der Waals surface area contributed by atoms with E-state index in [9.17, 15) is 0 Å². The number of aryl methyl sites for hydroxylation is 1. The minimum Gasteiger partial charge on any atom is -0.373 e. The molecule has 28 heavy (non-hydrogen) atoms. The summed E-state index contributed by atoms with van der Waals surface area (Å²) < 4.78 is 6.15. The van der Waals surface area contributed by atoms with Crippen LogP contribution in [0.1, 0.15) is 49.8 Å². The van der Waals surface area contributed by atoms with Gasteiger partial charge in [0.1, 0.15) is 0 Å². The van der Waals surface area contributed by atoms with Gasteiger partial charge in [0.2, 0.25) is 0 Å². The van der Waals surface area contributed by atoms with E-state index in [1.54, 1.807) is 0 Å². The van der Waals surface area contributed by atoms with Gasteiger partial charge in [0.05, 0.1) is 6.10 Å². The molecule has 2 aliphatic rings. The van der Waals surface area contributed by atoms with E-state index in [1.807, 2.05) is 7.05 Å². The van der Waals surface area contributed by atoms with Crippen molar-refractivity contribution in [2.45, 2.75) is 45.6 Å². The molecule has 0 bridgehead atoms. The van der Waals surface area contributed by atoms with Crippen LogP contribution >= 0.6 is 0 Å². The van der Waals surface area contributed by atoms with Crippen LogP contribution in [0.2, 0.25) is 0 Å². The molecule has 1 aromatic carbocycles. The Morgan fingerprint density at radius 3 is 2.71 bits per heavy atom. The van der Waals surface area contributed by atoms with Crippen molar-refractivity contribution in [3.63, 3.8) is 0 Å². The zero-order valence-electron chi connectivity index (χ0n) is 17.9. The van der Waals surface area contributed by atoms with Crippen molar-refractivity contribution in [1.29, 1.82) is 0 Å². The number of nitrogens with zero attached hydrogens (tertiary/aromatic N) is 2. The van der Waals surface area contributed by atoms with Crippen molar-refractivity contribution in [2.75, 3.05) is 46.4 Å². The highest BCUT2D eigenvalue weighted by Crippen LogP contribution is 2.33. The first-order valence-corrected chi connectivity index (χ1v) is 11.0. The maximum atomic E-state index is 6.15. The Morgan fingerprint density at radius 1 is 1.18 bits per heavy atom. The summed E-state index contributed by atoms with van der Waals surface area (Å²) in [5, 5.41) is 7.10. The van der Waals surface area contributed by atoms with Gasteiger partial charge in [-0.3, -0.25) is 4.99 Å². The molecule has 2 N–H and O–H groups in total. The van der Waals surface area contributed by atoms with Gasteiger partial charge >= 0.3 is 0 Å². The highest BCUT2D eigenvalue weighted by atomic mass is 16.5. The predicted molar refractivity (Wildman–Crippen MR) is 117 cm³/mol. The van der Waals surface area contributed by atoms with Crippen molar-refractivity contribution in [3.05, 3.63) is 35.4 Å². The molecule has 2 saturated heterocycles. The smallest absolute Gasteiger partial charge is 0.190 e. The molecule has 2 fully saturated rings. The molecule has 1 aromatic rings. The number of ether oxygens (including phenoxy) is 1. The van der Waals surface area contributed by atoms with Gasteiger partial charge in [-0.15, -0.1) is 0 Å². The largest absolute Gasteiger partial charge is 0.373 e. The van der Waals surface area contributed by atoms with Crippen LogP contribution in [0, 0.1) is 18.8 Å². The number of hydrogen-bond acceptors (Lipinski definition) is 3. The summed E-state index contributed by atoms with van der Waals surface area (Å²) in [6.45, 7) is 10.8. The van der Waals surface area contributed by atoms with Crippen LogP contribution in [0.25, 0.3) is 0 Å². The molecule has 0 saturated carbocycles. The number of nitrogens with one attached hydrogen (secondary N) is 2. The van der Waals surface area contributed by atoms with E-state index in [4.69, 9.17) is 4.74 Å². The maximum Gasteiger partial charge on any atom is 0.190 e. The quantitative estimate of drug-likeness (QED) is 0.557. The fourth-order valence-electron chi connectivity index (χ4n) is 4.47. The molecular formula is C23H38N4O. The van der Waals surface area contributed by atoms with Crippen molar-refractivity contribution in [3.8, 4) is 0 Å². The first kappa shape index (κ1) is 21.1. The molecule has 0 aliphatic carbocycles. The molecule has 0 radical (unpaired) electrons. The van der Waals surface area contributed by atoms with E-state index >= 15 is 0 Å². The number of guanidine groups is 1. The third kappa shape index (κ3) is 5.95. The van der Waals surface area contributed by atoms with E-state index in [2.05, 4.69) is 58.6 Å². The zero-order chi connectivity index (χ0) is 19.8. The predicted octanol–water partition coefficient (Wildman–Crippen LogP) is 3.36. The van der Waals surface area contributed by atoms with E-state index in [-0.39, 0.29) is 6.10 Å². The van der Waals surface area contributed by atoms with Crippen molar-refractivity contribution in [2.24, 2.45) is 16.8 Å². The first-order chi connectivity index (χ1) is 13.7. The van der Waals surface area contributed by atoms with Crippen LogP contribution in [-0.2, 0) is 4.74 Å². The lowest BCUT2D eigenvalue weighted by Crippen LogP contribution is -2.43. The summed E-state index contributed by atoms with van der Waals surface area (Å²) in [6.07, 6.45) is 5.04. The molecule has 2 aliphatic heterocycles. The van der Waals surface area contributed by atoms with E-state index in [0.29, 0.717) is 5.92 Å². The monoisotopic (exact) mass is 386 g/mol. The van der Waals surface area contributed by atoms with Crippen LogP contribution < -0.4 is 10.6 Å². The van der Waals surface area contributed by atoms with Gasteiger partial charge < -0.3 is 20.3 Å². The van der Waals surface area contributed by atoms with Gasteiger partial charge in [-0.25, -0.2) is 0 Å². The number of aliphatic imine (C=N–C) groups is 1. The van der Waals surface area contributed by atoms with Crippen LogP contribution in [0.3, 0.4) is 0 Å². The molecule has 5 nitrogen and oxygen atoms in total. The van der Waals surface area contributed by atoms with Gasteiger partial charge in [0, 0.05) is 39.2 Å². The van der Waals surface area contributed by atoms with Gasteiger partial charge in [-0.2, -0.15) is 0 Å².